The Kier molecular flexibility index (Phi) is 4.84. The Bertz CT molecular complexity index is 520. The molecule has 1 aromatic carbocycles. The van der Waals surface area contributed by atoms with Gasteiger partial charge < -0.3 is 25.5 Å². The number of hydrogen-bond acceptors (Lipinski definition) is 5. The van der Waals surface area contributed by atoms with Crippen molar-refractivity contribution in [2.24, 2.45) is 0 Å². The number of aromatic hydroxyl groups is 1. The summed E-state index contributed by atoms with van der Waals surface area (Å²) in [5.74, 6) is -3.60. The lowest BCUT2D eigenvalue weighted by Crippen LogP contribution is -2.52. The van der Waals surface area contributed by atoms with Gasteiger partial charge in [-0.3, -0.25) is 0 Å². The Morgan fingerprint density at radius 2 is 1.75 bits per heavy atom. The maximum Gasteiger partial charge on any atom is 0.339 e. The number of carbonyl (C=O) groups is 2. The van der Waals surface area contributed by atoms with Crippen molar-refractivity contribution in [3.63, 3.8) is 0 Å². The maximum absolute atomic E-state index is 10.9. The average Bonchev–Trinajstić information content (AvgIpc) is 2.39. The van der Waals surface area contributed by atoms with Gasteiger partial charge in [0.05, 0.1) is 0 Å². The lowest BCUT2D eigenvalue weighted by Gasteiger charge is -2.24. The maximum atomic E-state index is 10.9. The standard InChI is InChI=1S/C13H14O7/c14-9-5-3-8(4-6-9)2-1-7-13(20,12(18)19)10(15)11(16)17/h1-6,10,14-15,20H,7H2,(H,16,17)(H,18,19)/b2-1+. The van der Waals surface area contributed by atoms with Crippen molar-refractivity contribution in [1.82, 2.24) is 0 Å². The molecule has 2 atom stereocenters. The van der Waals surface area contributed by atoms with Crippen LogP contribution in [-0.2, 0) is 9.59 Å². The van der Waals surface area contributed by atoms with E-state index in [0.717, 1.165) is 0 Å². The van der Waals surface area contributed by atoms with Crippen molar-refractivity contribution in [2.75, 3.05) is 0 Å². The second kappa shape index (κ2) is 6.18. The number of aliphatic carboxylic acids is 2. The summed E-state index contributed by atoms with van der Waals surface area (Å²) in [4.78, 5) is 21.5. The van der Waals surface area contributed by atoms with Crippen LogP contribution in [0.5, 0.6) is 5.75 Å². The topological polar surface area (TPSA) is 135 Å². The van der Waals surface area contributed by atoms with Crippen LogP contribution in [0.4, 0.5) is 0 Å². The minimum Gasteiger partial charge on any atom is -0.508 e. The molecule has 5 N–H and O–H groups in total. The lowest BCUT2D eigenvalue weighted by molar-refractivity contribution is -0.182. The van der Waals surface area contributed by atoms with Crippen LogP contribution in [0.15, 0.2) is 30.3 Å². The number of aliphatic hydroxyl groups is 2. The van der Waals surface area contributed by atoms with Gasteiger partial charge in [0, 0.05) is 6.42 Å². The van der Waals surface area contributed by atoms with Crippen LogP contribution in [0, 0.1) is 0 Å². The zero-order chi connectivity index (χ0) is 15.3. The SMILES string of the molecule is O=C(O)C(O)C(O)(C/C=C/c1ccc(O)cc1)C(=O)O. The van der Waals surface area contributed by atoms with Crippen LogP contribution in [0.1, 0.15) is 12.0 Å². The van der Waals surface area contributed by atoms with E-state index in [-0.39, 0.29) is 5.75 Å². The van der Waals surface area contributed by atoms with Gasteiger partial charge >= 0.3 is 11.9 Å². The minimum atomic E-state index is -2.81. The summed E-state index contributed by atoms with van der Waals surface area (Å²) >= 11 is 0. The van der Waals surface area contributed by atoms with E-state index in [1.54, 1.807) is 12.1 Å². The summed E-state index contributed by atoms with van der Waals surface area (Å²) in [6, 6.07) is 5.91. The Morgan fingerprint density at radius 1 is 1.20 bits per heavy atom. The molecule has 108 valence electrons. The summed E-state index contributed by atoms with van der Waals surface area (Å²) < 4.78 is 0. The fraction of sp³-hybridized carbons (Fsp3) is 0.231. The van der Waals surface area contributed by atoms with Gasteiger partial charge in [-0.05, 0) is 17.7 Å². The predicted octanol–water partition coefficient (Wildman–Crippen LogP) is 0.0567. The molecule has 2 unspecified atom stereocenters. The Balaban J connectivity index is 2.85. The molecule has 0 saturated carbocycles. The van der Waals surface area contributed by atoms with Gasteiger partial charge in [-0.2, -0.15) is 0 Å². The molecule has 0 aliphatic heterocycles. The molecule has 0 aliphatic carbocycles. The zero-order valence-electron chi connectivity index (χ0n) is 10.3. The van der Waals surface area contributed by atoms with Crippen molar-refractivity contribution in [2.45, 2.75) is 18.1 Å². The van der Waals surface area contributed by atoms with Gasteiger partial charge in [0.2, 0.25) is 5.60 Å². The molecule has 20 heavy (non-hydrogen) atoms. The van der Waals surface area contributed by atoms with E-state index in [4.69, 9.17) is 15.3 Å². The predicted molar refractivity (Wildman–Crippen MR) is 68.0 cm³/mol. The zero-order valence-corrected chi connectivity index (χ0v) is 10.3. The number of benzene rings is 1. The van der Waals surface area contributed by atoms with E-state index >= 15 is 0 Å². The molecule has 0 fully saturated rings. The fourth-order valence-electron chi connectivity index (χ4n) is 1.48. The largest absolute Gasteiger partial charge is 0.508 e. The van der Waals surface area contributed by atoms with E-state index in [0.29, 0.717) is 5.56 Å². The van der Waals surface area contributed by atoms with Gasteiger partial charge in [0.25, 0.3) is 0 Å². The van der Waals surface area contributed by atoms with Crippen molar-refractivity contribution >= 4 is 18.0 Å². The highest BCUT2D eigenvalue weighted by molar-refractivity contribution is 5.87. The highest BCUT2D eigenvalue weighted by Crippen LogP contribution is 2.19. The molecule has 0 spiro atoms. The number of phenols is 1. The Morgan fingerprint density at radius 3 is 2.20 bits per heavy atom. The molecule has 0 heterocycles. The molecule has 0 amide bonds. The van der Waals surface area contributed by atoms with Crippen molar-refractivity contribution in [3.05, 3.63) is 35.9 Å². The van der Waals surface area contributed by atoms with Gasteiger partial charge in [0.15, 0.2) is 6.10 Å². The summed E-state index contributed by atoms with van der Waals surface area (Å²) in [5.41, 5.74) is -2.19. The van der Waals surface area contributed by atoms with E-state index in [9.17, 15) is 19.8 Å². The van der Waals surface area contributed by atoms with Gasteiger partial charge in [-0.15, -0.1) is 0 Å². The van der Waals surface area contributed by atoms with Crippen LogP contribution in [-0.4, -0.2) is 49.2 Å². The molecule has 7 heteroatoms. The molecule has 0 aliphatic rings. The van der Waals surface area contributed by atoms with E-state index in [2.05, 4.69) is 0 Å². The van der Waals surface area contributed by atoms with Crippen LogP contribution < -0.4 is 0 Å². The van der Waals surface area contributed by atoms with Crippen LogP contribution in [0.3, 0.4) is 0 Å². The number of hydrogen-bond donors (Lipinski definition) is 5. The van der Waals surface area contributed by atoms with Gasteiger partial charge in [0.1, 0.15) is 5.75 Å². The van der Waals surface area contributed by atoms with Crippen LogP contribution in [0.25, 0.3) is 6.08 Å². The quantitative estimate of drug-likeness (QED) is 0.497. The smallest absolute Gasteiger partial charge is 0.339 e. The van der Waals surface area contributed by atoms with Crippen molar-refractivity contribution in [3.8, 4) is 5.75 Å². The molecule has 1 rings (SSSR count). The van der Waals surface area contributed by atoms with Crippen LogP contribution >= 0.6 is 0 Å². The fourth-order valence-corrected chi connectivity index (χ4v) is 1.48. The second-order valence-electron chi connectivity index (χ2n) is 4.17. The van der Waals surface area contributed by atoms with Crippen LogP contribution in [0.2, 0.25) is 0 Å². The first-order valence-electron chi connectivity index (χ1n) is 5.59. The van der Waals surface area contributed by atoms with E-state index < -0.39 is 30.1 Å². The highest BCUT2D eigenvalue weighted by atomic mass is 16.4. The molecule has 0 radical (unpaired) electrons. The van der Waals surface area contributed by atoms with E-state index in [1.807, 2.05) is 0 Å². The monoisotopic (exact) mass is 282 g/mol. The van der Waals surface area contributed by atoms with Gasteiger partial charge in [-0.25, -0.2) is 9.59 Å². The Labute approximate surface area is 114 Å². The summed E-state index contributed by atoms with van der Waals surface area (Å²) in [5, 5.41) is 45.5. The van der Waals surface area contributed by atoms with Crippen molar-refractivity contribution in [1.29, 1.82) is 0 Å². The highest BCUT2D eigenvalue weighted by Gasteiger charge is 2.46. The summed E-state index contributed by atoms with van der Waals surface area (Å²) in [7, 11) is 0. The molecule has 1 aromatic rings. The Hall–Kier alpha value is -2.38. The lowest BCUT2D eigenvalue weighted by atomic mass is 9.92. The third-order valence-electron chi connectivity index (χ3n) is 2.69. The number of carboxylic acids is 2. The third kappa shape index (κ3) is 3.56. The minimum absolute atomic E-state index is 0.0606. The number of phenolic OH excluding ortho intramolecular Hbond substituents is 1. The number of carboxylic acid groups (broad SMARTS) is 2. The molecule has 0 aromatic heterocycles. The first-order chi connectivity index (χ1) is 9.27. The average molecular weight is 282 g/mol. The molecular formula is C13H14O7. The van der Waals surface area contributed by atoms with Crippen molar-refractivity contribution < 1.29 is 35.1 Å². The molecular weight excluding hydrogens is 268 g/mol. The van der Waals surface area contributed by atoms with Gasteiger partial charge in [-0.1, -0.05) is 24.3 Å². The van der Waals surface area contributed by atoms with E-state index in [1.165, 1.54) is 24.3 Å². The second-order valence-corrected chi connectivity index (χ2v) is 4.17. The summed E-state index contributed by atoms with van der Waals surface area (Å²) in [6.07, 6.45) is -0.366. The molecule has 0 saturated heterocycles. The molecule has 7 nitrogen and oxygen atoms in total. The molecule has 0 bridgehead atoms. The number of rotatable bonds is 6. The normalized spacial score (nSPS) is 15.7. The first kappa shape index (κ1) is 15.7. The number of aliphatic hydroxyl groups excluding tert-OH is 1. The summed E-state index contributed by atoms with van der Waals surface area (Å²) in [6.45, 7) is 0. The third-order valence-corrected chi connectivity index (χ3v) is 2.69. The first-order valence-corrected chi connectivity index (χ1v) is 5.59.